The van der Waals surface area contributed by atoms with Crippen LogP contribution in [0.25, 0.3) is 22.3 Å². The van der Waals surface area contributed by atoms with Gasteiger partial charge in [0.1, 0.15) is 0 Å². The molecule has 0 atom stereocenters. The predicted molar refractivity (Wildman–Crippen MR) is 141 cm³/mol. The number of hydrogen-bond donors (Lipinski definition) is 0. The van der Waals surface area contributed by atoms with E-state index in [4.69, 9.17) is 0 Å². The first kappa shape index (κ1) is 18.2. The quantitative estimate of drug-likeness (QED) is 0.240. The maximum Gasteiger partial charge on any atom is 0.0539 e. The van der Waals surface area contributed by atoms with Gasteiger partial charge in [0.05, 0.1) is 11.4 Å². The van der Waals surface area contributed by atoms with Gasteiger partial charge in [-0.1, -0.05) is 48.5 Å². The van der Waals surface area contributed by atoms with Crippen LogP contribution >= 0.6 is 0 Å². The molecule has 2 heteroatoms. The van der Waals surface area contributed by atoms with Gasteiger partial charge in [0, 0.05) is 30.9 Å². The maximum absolute atomic E-state index is 4.52. The highest BCUT2D eigenvalue weighted by Gasteiger charge is 2.36. The molecule has 0 radical (unpaired) electrons. The number of hydrogen-bond acceptors (Lipinski definition) is 2. The van der Waals surface area contributed by atoms with E-state index in [0.717, 1.165) is 25.7 Å². The van der Waals surface area contributed by atoms with Gasteiger partial charge >= 0.3 is 0 Å². The van der Waals surface area contributed by atoms with E-state index in [1.54, 1.807) is 0 Å². The molecule has 4 aliphatic rings. The number of pyridine rings is 1. The molecule has 9 rings (SSSR count). The van der Waals surface area contributed by atoms with E-state index >= 15 is 0 Å². The van der Waals surface area contributed by atoms with Crippen LogP contribution in [0, 0.1) is 0 Å². The normalized spacial score (nSPS) is 14.9. The van der Waals surface area contributed by atoms with Crippen molar-refractivity contribution in [1.29, 1.82) is 0 Å². The summed E-state index contributed by atoms with van der Waals surface area (Å²) in [5, 5.41) is 0. The van der Waals surface area contributed by atoms with Crippen LogP contribution in [0.15, 0.2) is 85.2 Å². The summed E-state index contributed by atoms with van der Waals surface area (Å²) in [5.41, 5.74) is 21.4. The van der Waals surface area contributed by atoms with Gasteiger partial charge in [0.15, 0.2) is 0 Å². The van der Waals surface area contributed by atoms with E-state index in [2.05, 4.69) is 88.9 Å². The highest BCUT2D eigenvalue weighted by atomic mass is 15.2. The van der Waals surface area contributed by atoms with Gasteiger partial charge in [-0.3, -0.25) is 4.98 Å². The van der Waals surface area contributed by atoms with Crippen LogP contribution in [-0.2, 0) is 25.7 Å². The summed E-state index contributed by atoms with van der Waals surface area (Å²) in [6.45, 7) is 0. The van der Waals surface area contributed by atoms with Crippen molar-refractivity contribution in [1.82, 2.24) is 4.98 Å². The van der Waals surface area contributed by atoms with Crippen LogP contribution in [0.5, 0.6) is 0 Å². The van der Waals surface area contributed by atoms with Crippen molar-refractivity contribution in [3.63, 3.8) is 0 Å². The van der Waals surface area contributed by atoms with Gasteiger partial charge in [0.2, 0.25) is 0 Å². The standard InChI is InChI=1S/C33H22N2/c1-3-7-26-19(5-1)11-21-16-28-22(15-27(21)26)13-23-14-24-12-20-6-2-4-8-30(20)35-31-9-10-34-18-25(31)17-29(32(23)28)33(24)35/h1-10,14-16,18H,11-13,17H2. The van der Waals surface area contributed by atoms with Gasteiger partial charge < -0.3 is 4.90 Å². The third-order valence-electron chi connectivity index (χ3n) is 8.55. The van der Waals surface area contributed by atoms with E-state index in [-0.39, 0.29) is 0 Å². The lowest BCUT2D eigenvalue weighted by Crippen LogP contribution is -2.25. The molecule has 0 spiro atoms. The molecule has 2 aliphatic carbocycles. The molecule has 3 heterocycles. The molecule has 1 aromatic heterocycles. The average Bonchev–Trinajstić information content (AvgIpc) is 3.44. The van der Waals surface area contributed by atoms with Crippen molar-refractivity contribution in [3.05, 3.63) is 130 Å². The zero-order valence-corrected chi connectivity index (χ0v) is 19.3. The summed E-state index contributed by atoms with van der Waals surface area (Å²) < 4.78 is 0. The first-order valence-corrected chi connectivity index (χ1v) is 12.6. The highest BCUT2D eigenvalue weighted by Crippen LogP contribution is 2.55. The Balaban J connectivity index is 1.31. The fourth-order valence-electron chi connectivity index (χ4n) is 7.15. The molecule has 2 aliphatic heterocycles. The molecular formula is C33H22N2. The van der Waals surface area contributed by atoms with E-state index in [0.29, 0.717) is 0 Å². The number of anilines is 3. The van der Waals surface area contributed by atoms with Crippen molar-refractivity contribution in [2.75, 3.05) is 4.90 Å². The minimum Gasteiger partial charge on any atom is -0.309 e. The minimum atomic E-state index is 0.949. The summed E-state index contributed by atoms with van der Waals surface area (Å²) >= 11 is 0. The van der Waals surface area contributed by atoms with Crippen molar-refractivity contribution >= 4 is 17.1 Å². The molecular weight excluding hydrogens is 424 g/mol. The van der Waals surface area contributed by atoms with Crippen molar-refractivity contribution < 1.29 is 0 Å². The van der Waals surface area contributed by atoms with Gasteiger partial charge in [-0.25, -0.2) is 0 Å². The topological polar surface area (TPSA) is 16.1 Å². The lowest BCUT2D eigenvalue weighted by molar-refractivity contribution is 0.997. The van der Waals surface area contributed by atoms with Crippen LogP contribution in [0.1, 0.15) is 44.5 Å². The summed E-state index contributed by atoms with van der Waals surface area (Å²) in [6, 6.07) is 27.5. The molecule has 0 N–H and O–H groups in total. The minimum absolute atomic E-state index is 0.949. The summed E-state index contributed by atoms with van der Waals surface area (Å²) in [7, 11) is 0. The molecule has 0 unspecified atom stereocenters. The Hall–Kier alpha value is -4.17. The Bertz CT molecular complexity index is 1750. The summed E-state index contributed by atoms with van der Waals surface area (Å²) in [6.07, 6.45) is 8.03. The third kappa shape index (κ3) is 2.27. The molecule has 5 aromatic rings. The van der Waals surface area contributed by atoms with Crippen molar-refractivity contribution in [2.24, 2.45) is 0 Å². The van der Waals surface area contributed by atoms with E-state index in [1.807, 2.05) is 6.20 Å². The lowest BCUT2D eigenvalue weighted by Gasteiger charge is -2.40. The Kier molecular flexibility index (Phi) is 3.27. The SMILES string of the molecule is c1ccc2c(c1)Cc1cc3c(cc1-2)Cc1cc2c4c(c1-3)Cc1cnccc1N4c1ccccc1C2. The Labute approximate surface area is 204 Å². The number of para-hydroxylation sites is 1. The fraction of sp³-hybridized carbons (Fsp3) is 0.121. The van der Waals surface area contributed by atoms with Crippen LogP contribution in [0.3, 0.4) is 0 Å². The zero-order chi connectivity index (χ0) is 22.7. The molecule has 2 nitrogen and oxygen atoms in total. The molecule has 164 valence electrons. The molecule has 0 saturated heterocycles. The van der Waals surface area contributed by atoms with Crippen molar-refractivity contribution in [2.45, 2.75) is 25.7 Å². The van der Waals surface area contributed by atoms with E-state index < -0.39 is 0 Å². The summed E-state index contributed by atoms with van der Waals surface area (Å²) in [4.78, 5) is 7.04. The van der Waals surface area contributed by atoms with Gasteiger partial charge in [-0.15, -0.1) is 0 Å². The molecule has 35 heavy (non-hydrogen) atoms. The van der Waals surface area contributed by atoms with Gasteiger partial charge in [-0.2, -0.15) is 0 Å². The Morgan fingerprint density at radius 2 is 1.29 bits per heavy atom. The number of nitrogens with zero attached hydrogens (tertiary/aromatic N) is 2. The first-order chi connectivity index (χ1) is 17.3. The number of benzene rings is 4. The lowest BCUT2D eigenvalue weighted by atomic mass is 9.82. The largest absolute Gasteiger partial charge is 0.309 e. The van der Waals surface area contributed by atoms with Gasteiger partial charge in [0.25, 0.3) is 0 Å². The fourth-order valence-corrected chi connectivity index (χ4v) is 7.15. The van der Waals surface area contributed by atoms with Crippen LogP contribution < -0.4 is 4.90 Å². The highest BCUT2D eigenvalue weighted by molar-refractivity contribution is 5.96. The number of rotatable bonds is 0. The summed E-state index contributed by atoms with van der Waals surface area (Å²) in [5.74, 6) is 0. The smallest absolute Gasteiger partial charge is 0.0539 e. The van der Waals surface area contributed by atoms with Crippen LogP contribution in [-0.4, -0.2) is 4.98 Å². The first-order valence-electron chi connectivity index (χ1n) is 12.6. The molecule has 0 amide bonds. The molecule has 4 aromatic carbocycles. The molecule has 0 fully saturated rings. The second-order valence-corrected chi connectivity index (χ2v) is 10.4. The molecule has 0 bridgehead atoms. The van der Waals surface area contributed by atoms with E-state index in [9.17, 15) is 0 Å². The van der Waals surface area contributed by atoms with Crippen molar-refractivity contribution in [3.8, 4) is 22.3 Å². The monoisotopic (exact) mass is 446 g/mol. The van der Waals surface area contributed by atoms with Crippen LogP contribution in [0.2, 0.25) is 0 Å². The van der Waals surface area contributed by atoms with E-state index in [1.165, 1.54) is 83.8 Å². The third-order valence-corrected chi connectivity index (χ3v) is 8.55. The van der Waals surface area contributed by atoms with Crippen LogP contribution in [0.4, 0.5) is 17.1 Å². The number of aromatic nitrogens is 1. The predicted octanol–water partition coefficient (Wildman–Crippen LogP) is 7.50. The Morgan fingerprint density at radius 1 is 0.543 bits per heavy atom. The number of fused-ring (bicyclic) bond motifs is 11. The second-order valence-electron chi connectivity index (χ2n) is 10.4. The average molecular weight is 447 g/mol. The second kappa shape index (κ2) is 6.28. The Morgan fingerprint density at radius 3 is 2.26 bits per heavy atom. The van der Waals surface area contributed by atoms with Gasteiger partial charge in [-0.05, 0) is 104 Å². The molecule has 0 saturated carbocycles. The maximum atomic E-state index is 4.52. The zero-order valence-electron chi connectivity index (χ0n) is 19.3.